The molecule has 0 N–H and O–H groups in total. The van der Waals surface area contributed by atoms with Crippen molar-refractivity contribution in [1.29, 1.82) is 0 Å². The van der Waals surface area contributed by atoms with Gasteiger partial charge in [-0.1, -0.05) is 63.6 Å². The van der Waals surface area contributed by atoms with Crippen LogP contribution in [0, 0.1) is 17.3 Å². The van der Waals surface area contributed by atoms with Gasteiger partial charge in [-0.15, -0.1) is 0 Å². The average Bonchev–Trinajstić information content (AvgIpc) is 3.85. The summed E-state index contributed by atoms with van der Waals surface area (Å²) in [5.74, 6) is 1.90. The molecule has 1 fully saturated rings. The molecule has 3 aromatic carbocycles. The molecule has 3 aromatic rings. The maximum absolute atomic E-state index is 15.0. The third-order valence-electron chi connectivity index (χ3n) is 10.0. The number of anilines is 1. The molecular formula is C36H44ClN2O4Si. The van der Waals surface area contributed by atoms with Gasteiger partial charge in [0.2, 0.25) is 10.5 Å². The molecule has 0 saturated heterocycles. The van der Waals surface area contributed by atoms with E-state index in [0.29, 0.717) is 24.0 Å². The molecule has 3 atom stereocenters. The van der Waals surface area contributed by atoms with Gasteiger partial charge in [-0.3, -0.25) is 4.90 Å². The van der Waals surface area contributed by atoms with E-state index < -0.39 is 11.1 Å². The van der Waals surface area contributed by atoms with Crippen LogP contribution in [0.4, 0.5) is 10.5 Å². The Labute approximate surface area is 271 Å². The minimum Gasteiger partial charge on any atom is -0.497 e. The Kier molecular flexibility index (Phi) is 9.14. The summed E-state index contributed by atoms with van der Waals surface area (Å²) in [6.07, 6.45) is 2.82. The van der Waals surface area contributed by atoms with Gasteiger partial charge in [-0.05, 0) is 97.0 Å². The topological polar surface area (TPSA) is 51.2 Å². The van der Waals surface area contributed by atoms with Crippen LogP contribution in [0.5, 0.6) is 11.5 Å². The standard InChI is InChI=1S/C36H44ClN2O4Si/c1-24(21-35(5,43-44)34(2,3)4)36(27-12-13-27)31-20-28(37)14-19-32(31)38(22-25-8-15-29(41-6)16-9-25)33(40)39(36)23-26-10-17-30(42-7)18-11-26/h8-11,14-20,24,27H,12-13,21-23H2,1-7H3. The van der Waals surface area contributed by atoms with Crippen LogP contribution in [0.2, 0.25) is 5.02 Å². The predicted molar refractivity (Wildman–Crippen MR) is 177 cm³/mol. The number of halogens is 1. The Bertz CT molecular complexity index is 1470. The molecular weight excluding hydrogens is 588 g/mol. The summed E-state index contributed by atoms with van der Waals surface area (Å²) in [6.45, 7) is 11.9. The highest BCUT2D eigenvalue weighted by molar-refractivity contribution is 6.30. The van der Waals surface area contributed by atoms with Crippen molar-refractivity contribution >= 4 is 33.8 Å². The lowest BCUT2D eigenvalue weighted by Gasteiger charge is -2.56. The number of fused-ring (bicyclic) bond motifs is 1. The molecule has 1 aliphatic carbocycles. The van der Waals surface area contributed by atoms with E-state index in [9.17, 15) is 0 Å². The van der Waals surface area contributed by atoms with Crippen molar-refractivity contribution in [2.45, 2.75) is 78.1 Å². The highest BCUT2D eigenvalue weighted by Gasteiger charge is 2.60. The molecule has 1 heterocycles. The summed E-state index contributed by atoms with van der Waals surface area (Å²) in [4.78, 5) is 19.1. The minimum atomic E-state index is -0.592. The molecule has 233 valence electrons. The monoisotopic (exact) mass is 631 g/mol. The zero-order valence-electron chi connectivity index (χ0n) is 26.9. The third-order valence-corrected chi connectivity index (χ3v) is 10.7. The predicted octanol–water partition coefficient (Wildman–Crippen LogP) is 8.54. The van der Waals surface area contributed by atoms with Crippen molar-refractivity contribution in [2.24, 2.45) is 17.3 Å². The first-order valence-corrected chi connectivity index (χ1v) is 16.2. The first-order chi connectivity index (χ1) is 20.9. The van der Waals surface area contributed by atoms with Crippen LogP contribution in [-0.2, 0) is 23.1 Å². The summed E-state index contributed by atoms with van der Waals surface area (Å²) < 4.78 is 16.9. The maximum atomic E-state index is 15.0. The fourth-order valence-corrected chi connectivity index (χ4v) is 7.50. The minimum absolute atomic E-state index is 0.0121. The van der Waals surface area contributed by atoms with Crippen LogP contribution in [-0.4, -0.2) is 41.2 Å². The summed E-state index contributed by atoms with van der Waals surface area (Å²) in [6, 6.07) is 21.9. The Morgan fingerprint density at radius 1 is 0.909 bits per heavy atom. The Morgan fingerprint density at radius 3 is 1.93 bits per heavy atom. The third kappa shape index (κ3) is 5.86. The van der Waals surface area contributed by atoms with E-state index >= 15 is 4.79 Å². The molecule has 2 aliphatic rings. The number of carbonyl (C=O) groups excluding carboxylic acids is 1. The Hall–Kier alpha value is -3.00. The highest BCUT2D eigenvalue weighted by atomic mass is 35.5. The van der Waals surface area contributed by atoms with Crippen molar-refractivity contribution in [1.82, 2.24) is 4.90 Å². The van der Waals surface area contributed by atoms with Gasteiger partial charge < -0.3 is 18.8 Å². The number of nitrogens with zero attached hydrogens (tertiary/aromatic N) is 2. The number of carbonyl (C=O) groups is 1. The smallest absolute Gasteiger partial charge is 0.325 e. The molecule has 6 nitrogen and oxygen atoms in total. The van der Waals surface area contributed by atoms with Gasteiger partial charge in [-0.25, -0.2) is 4.79 Å². The van der Waals surface area contributed by atoms with E-state index in [-0.39, 0.29) is 17.4 Å². The molecule has 3 unspecified atom stereocenters. The molecule has 0 spiro atoms. The zero-order valence-corrected chi connectivity index (χ0v) is 28.7. The second kappa shape index (κ2) is 12.4. The van der Waals surface area contributed by atoms with E-state index in [0.717, 1.165) is 53.1 Å². The van der Waals surface area contributed by atoms with E-state index in [1.54, 1.807) is 14.2 Å². The maximum Gasteiger partial charge on any atom is 0.325 e. The molecule has 44 heavy (non-hydrogen) atoms. The van der Waals surface area contributed by atoms with Crippen molar-refractivity contribution in [3.05, 3.63) is 88.4 Å². The lowest BCUT2D eigenvalue weighted by atomic mass is 9.64. The van der Waals surface area contributed by atoms with Crippen LogP contribution in [0.25, 0.3) is 0 Å². The van der Waals surface area contributed by atoms with Crippen LogP contribution in [0.1, 0.15) is 70.6 Å². The summed E-state index contributed by atoms with van der Waals surface area (Å²) in [5, 5.41) is 0.666. The molecule has 0 aromatic heterocycles. The Balaban J connectivity index is 1.69. The van der Waals surface area contributed by atoms with E-state index in [1.165, 1.54) is 0 Å². The number of hydrogen-bond donors (Lipinski definition) is 0. The van der Waals surface area contributed by atoms with E-state index in [2.05, 4.69) is 68.2 Å². The van der Waals surface area contributed by atoms with Gasteiger partial charge in [0.1, 0.15) is 11.5 Å². The van der Waals surface area contributed by atoms with E-state index in [1.807, 2.05) is 53.4 Å². The second-order valence-electron chi connectivity index (χ2n) is 13.6. The van der Waals surface area contributed by atoms with Crippen LogP contribution in [0.3, 0.4) is 0 Å². The summed E-state index contributed by atoms with van der Waals surface area (Å²) in [5.41, 5.74) is 2.82. The fraction of sp³-hybridized carbons (Fsp3) is 0.472. The van der Waals surface area contributed by atoms with Crippen LogP contribution >= 0.6 is 11.6 Å². The number of ether oxygens (including phenoxy) is 2. The highest BCUT2D eigenvalue weighted by Crippen LogP contribution is 2.61. The number of hydrogen-bond acceptors (Lipinski definition) is 4. The van der Waals surface area contributed by atoms with Crippen molar-refractivity contribution in [2.75, 3.05) is 19.1 Å². The first-order valence-electron chi connectivity index (χ1n) is 15.4. The molecule has 5 rings (SSSR count). The molecule has 2 amide bonds. The molecule has 0 bridgehead atoms. The van der Waals surface area contributed by atoms with Crippen molar-refractivity contribution in [3.63, 3.8) is 0 Å². The summed E-state index contributed by atoms with van der Waals surface area (Å²) in [7, 11) is 6.78. The van der Waals surface area contributed by atoms with Gasteiger partial charge in [0, 0.05) is 17.1 Å². The number of methoxy groups -OCH3 is 2. The van der Waals surface area contributed by atoms with Crippen LogP contribution < -0.4 is 14.4 Å². The quantitative estimate of drug-likeness (QED) is 0.199. The lowest BCUT2D eigenvalue weighted by Crippen LogP contribution is -2.63. The van der Waals surface area contributed by atoms with Gasteiger partial charge in [0.05, 0.1) is 37.6 Å². The van der Waals surface area contributed by atoms with Crippen LogP contribution in [0.15, 0.2) is 66.7 Å². The SMILES string of the molecule is COc1ccc(CN2C(=O)N(Cc3ccc(OC)cc3)C(C(C)CC(C)(O[Si])C(C)(C)C)(C3CC3)c3cc(Cl)ccc32)cc1. The van der Waals surface area contributed by atoms with Gasteiger partial charge in [-0.2, -0.15) is 0 Å². The van der Waals surface area contributed by atoms with E-state index in [4.69, 9.17) is 25.5 Å². The largest absolute Gasteiger partial charge is 0.497 e. The first kappa shape index (κ1) is 32.4. The zero-order chi connectivity index (χ0) is 31.9. The second-order valence-corrected chi connectivity index (χ2v) is 14.2. The lowest BCUT2D eigenvalue weighted by molar-refractivity contribution is -0.0612. The molecule has 3 radical (unpaired) electrons. The number of urea groups is 1. The molecule has 8 heteroatoms. The van der Waals surface area contributed by atoms with Gasteiger partial charge in [0.15, 0.2) is 0 Å². The average molecular weight is 632 g/mol. The number of benzene rings is 3. The number of amides is 2. The van der Waals surface area contributed by atoms with Gasteiger partial charge >= 0.3 is 6.03 Å². The number of rotatable bonds is 11. The summed E-state index contributed by atoms with van der Waals surface area (Å²) >= 11 is 6.80. The fourth-order valence-electron chi connectivity index (χ4n) is 6.93. The Morgan fingerprint density at radius 2 is 1.45 bits per heavy atom. The van der Waals surface area contributed by atoms with Gasteiger partial charge in [0.25, 0.3) is 0 Å². The normalized spacial score (nSPS) is 20.6. The van der Waals surface area contributed by atoms with Crippen molar-refractivity contribution < 1.29 is 18.7 Å². The van der Waals surface area contributed by atoms with Crippen molar-refractivity contribution in [3.8, 4) is 11.5 Å². The molecule has 1 saturated carbocycles. The molecule has 1 aliphatic heterocycles.